The maximum atomic E-state index is 13.0. The molecule has 0 saturated heterocycles. The number of pyridine rings is 1. The first-order chi connectivity index (χ1) is 12.6. The van der Waals surface area contributed by atoms with Crippen molar-refractivity contribution in [2.75, 3.05) is 0 Å². The molecule has 128 valence electrons. The highest BCUT2D eigenvalue weighted by molar-refractivity contribution is 6.36. The fraction of sp³-hybridized carbons (Fsp3) is 0.0500. The average Bonchev–Trinajstić information content (AvgIpc) is 2.67. The summed E-state index contributed by atoms with van der Waals surface area (Å²) in [5.41, 5.74) is 2.70. The zero-order valence-electron chi connectivity index (χ0n) is 13.5. The number of nitrogens with zero attached hydrogens (tertiary/aromatic N) is 3. The van der Waals surface area contributed by atoms with Crippen molar-refractivity contribution in [3.63, 3.8) is 0 Å². The van der Waals surface area contributed by atoms with E-state index in [1.807, 2.05) is 6.07 Å². The largest absolute Gasteiger partial charge is 0.505 e. The van der Waals surface area contributed by atoms with E-state index in [0.717, 1.165) is 11.1 Å². The van der Waals surface area contributed by atoms with Crippen LogP contribution in [0, 0.1) is 5.82 Å². The fourth-order valence-electron chi connectivity index (χ4n) is 2.82. The maximum Gasteiger partial charge on any atom is 0.163 e. The zero-order chi connectivity index (χ0) is 18.1. The quantitative estimate of drug-likeness (QED) is 0.567. The van der Waals surface area contributed by atoms with Crippen LogP contribution in [0.2, 0.25) is 5.02 Å². The Hall–Kier alpha value is -3.05. The number of halogens is 2. The third-order valence-corrected chi connectivity index (χ3v) is 4.39. The summed E-state index contributed by atoms with van der Waals surface area (Å²) >= 11 is 6.42. The molecule has 0 amide bonds. The van der Waals surface area contributed by atoms with Gasteiger partial charge in [-0.25, -0.2) is 14.4 Å². The smallest absolute Gasteiger partial charge is 0.163 e. The average molecular weight is 366 g/mol. The van der Waals surface area contributed by atoms with Gasteiger partial charge in [-0.1, -0.05) is 23.7 Å². The molecule has 0 fully saturated rings. The molecule has 1 N–H and O–H groups in total. The zero-order valence-corrected chi connectivity index (χ0v) is 14.3. The Kier molecular flexibility index (Phi) is 4.22. The summed E-state index contributed by atoms with van der Waals surface area (Å²) in [6.45, 7) is 0. The van der Waals surface area contributed by atoms with Gasteiger partial charge in [0, 0.05) is 24.0 Å². The molecular weight excluding hydrogens is 353 g/mol. The van der Waals surface area contributed by atoms with Crippen LogP contribution < -0.4 is 0 Å². The van der Waals surface area contributed by atoms with E-state index in [1.54, 1.807) is 42.9 Å². The second-order valence-corrected chi connectivity index (χ2v) is 6.28. The Morgan fingerprint density at radius 2 is 1.69 bits per heavy atom. The second-order valence-electron chi connectivity index (χ2n) is 5.87. The van der Waals surface area contributed by atoms with Gasteiger partial charge in [-0.05, 0) is 47.9 Å². The van der Waals surface area contributed by atoms with E-state index < -0.39 is 0 Å². The van der Waals surface area contributed by atoms with Gasteiger partial charge in [-0.2, -0.15) is 0 Å². The van der Waals surface area contributed by atoms with Crippen LogP contribution in [-0.2, 0) is 6.42 Å². The van der Waals surface area contributed by atoms with Crippen LogP contribution in [0.4, 0.5) is 4.39 Å². The number of aromatic nitrogens is 3. The molecule has 0 spiro atoms. The monoisotopic (exact) mass is 365 g/mol. The van der Waals surface area contributed by atoms with E-state index in [0.29, 0.717) is 33.7 Å². The van der Waals surface area contributed by atoms with Crippen molar-refractivity contribution in [2.45, 2.75) is 6.42 Å². The highest BCUT2D eigenvalue weighted by atomic mass is 35.5. The molecular formula is C20H13ClFN3O. The molecule has 0 saturated carbocycles. The molecule has 26 heavy (non-hydrogen) atoms. The van der Waals surface area contributed by atoms with E-state index in [2.05, 4.69) is 15.0 Å². The molecule has 4 rings (SSSR count). The van der Waals surface area contributed by atoms with Crippen molar-refractivity contribution in [1.29, 1.82) is 0 Å². The minimum absolute atomic E-state index is 0.0102. The Bertz CT molecular complexity index is 1090. The predicted molar refractivity (Wildman–Crippen MR) is 98.6 cm³/mol. The molecule has 0 radical (unpaired) electrons. The van der Waals surface area contributed by atoms with Crippen molar-refractivity contribution in [3.05, 3.63) is 83.0 Å². The number of aromatic hydroxyl groups is 1. The van der Waals surface area contributed by atoms with Gasteiger partial charge in [-0.3, -0.25) is 4.98 Å². The molecule has 0 aliphatic heterocycles. The molecule has 0 bridgehead atoms. The van der Waals surface area contributed by atoms with Crippen LogP contribution in [0.25, 0.3) is 22.3 Å². The summed E-state index contributed by atoms with van der Waals surface area (Å²) in [6, 6.07) is 11.5. The van der Waals surface area contributed by atoms with E-state index in [1.165, 1.54) is 12.1 Å². The van der Waals surface area contributed by atoms with Crippen molar-refractivity contribution in [3.8, 4) is 17.1 Å². The lowest BCUT2D eigenvalue weighted by Crippen LogP contribution is -1.94. The van der Waals surface area contributed by atoms with Gasteiger partial charge in [0.25, 0.3) is 0 Å². The minimum atomic E-state index is -0.269. The molecule has 2 aromatic carbocycles. The van der Waals surface area contributed by atoms with Crippen LogP contribution in [0.15, 0.2) is 61.1 Å². The normalized spacial score (nSPS) is 11.0. The number of phenols is 1. The topological polar surface area (TPSA) is 58.9 Å². The fourth-order valence-corrected chi connectivity index (χ4v) is 3.08. The lowest BCUT2D eigenvalue weighted by atomic mass is 10.0. The van der Waals surface area contributed by atoms with Crippen LogP contribution in [0.1, 0.15) is 11.1 Å². The molecule has 0 aliphatic carbocycles. The van der Waals surface area contributed by atoms with Crippen LogP contribution in [0.3, 0.4) is 0 Å². The number of rotatable bonds is 3. The molecule has 4 nitrogen and oxygen atoms in total. The Labute approximate surface area is 154 Å². The molecule has 2 aromatic heterocycles. The first kappa shape index (κ1) is 16.4. The predicted octanol–water partition coefficient (Wildman–Crippen LogP) is 4.78. The van der Waals surface area contributed by atoms with Crippen LogP contribution in [-0.4, -0.2) is 20.1 Å². The molecule has 0 atom stereocenters. The molecule has 0 unspecified atom stereocenters. The minimum Gasteiger partial charge on any atom is -0.505 e. The van der Waals surface area contributed by atoms with Gasteiger partial charge in [0.2, 0.25) is 0 Å². The van der Waals surface area contributed by atoms with Gasteiger partial charge >= 0.3 is 0 Å². The summed E-state index contributed by atoms with van der Waals surface area (Å²) < 4.78 is 13.0. The molecule has 0 aliphatic rings. The number of hydrogen-bond acceptors (Lipinski definition) is 4. The number of benzene rings is 2. The van der Waals surface area contributed by atoms with Gasteiger partial charge in [0.15, 0.2) is 11.6 Å². The third kappa shape index (κ3) is 3.09. The van der Waals surface area contributed by atoms with Crippen LogP contribution in [0.5, 0.6) is 5.75 Å². The molecule has 4 aromatic rings. The SMILES string of the molecule is Oc1c(-c2ncccn2)cc(Cl)c2cc(Cc3ccc(F)cc3)cnc12. The third-order valence-electron chi connectivity index (χ3n) is 4.08. The van der Waals surface area contributed by atoms with E-state index in [-0.39, 0.29) is 11.6 Å². The molecule has 6 heteroatoms. The number of hydrogen-bond donors (Lipinski definition) is 1. The first-order valence-corrected chi connectivity index (χ1v) is 8.31. The highest BCUT2D eigenvalue weighted by Crippen LogP contribution is 2.38. The van der Waals surface area contributed by atoms with Crippen molar-refractivity contribution in [1.82, 2.24) is 15.0 Å². The maximum absolute atomic E-state index is 13.0. The Morgan fingerprint density at radius 1 is 0.962 bits per heavy atom. The Morgan fingerprint density at radius 3 is 2.42 bits per heavy atom. The van der Waals surface area contributed by atoms with E-state index >= 15 is 0 Å². The van der Waals surface area contributed by atoms with Gasteiger partial charge < -0.3 is 5.11 Å². The highest BCUT2D eigenvalue weighted by Gasteiger charge is 2.15. The lowest BCUT2D eigenvalue weighted by molar-refractivity contribution is 0.482. The first-order valence-electron chi connectivity index (χ1n) is 7.94. The summed E-state index contributed by atoms with van der Waals surface area (Å²) in [5, 5.41) is 11.7. The van der Waals surface area contributed by atoms with Crippen molar-refractivity contribution >= 4 is 22.5 Å². The number of phenolic OH excluding ortho intramolecular Hbond substituents is 1. The van der Waals surface area contributed by atoms with Gasteiger partial charge in [0.1, 0.15) is 11.3 Å². The van der Waals surface area contributed by atoms with Gasteiger partial charge in [-0.15, -0.1) is 0 Å². The lowest BCUT2D eigenvalue weighted by Gasteiger charge is -2.10. The number of fused-ring (bicyclic) bond motifs is 1. The van der Waals surface area contributed by atoms with Gasteiger partial charge in [0.05, 0.1) is 10.6 Å². The van der Waals surface area contributed by atoms with Crippen LogP contribution >= 0.6 is 11.6 Å². The summed E-state index contributed by atoms with van der Waals surface area (Å²) in [4.78, 5) is 12.7. The van der Waals surface area contributed by atoms with E-state index in [4.69, 9.17) is 11.6 Å². The summed E-state index contributed by atoms with van der Waals surface area (Å²) in [5.74, 6) is 0.101. The Balaban J connectivity index is 1.77. The second kappa shape index (κ2) is 6.69. The van der Waals surface area contributed by atoms with Crippen molar-refractivity contribution in [2.24, 2.45) is 0 Å². The van der Waals surface area contributed by atoms with Crippen molar-refractivity contribution < 1.29 is 9.50 Å². The molecule has 2 heterocycles. The van der Waals surface area contributed by atoms with E-state index in [9.17, 15) is 9.50 Å². The summed E-state index contributed by atoms with van der Waals surface area (Å²) in [7, 11) is 0. The summed E-state index contributed by atoms with van der Waals surface area (Å²) in [6.07, 6.45) is 5.46. The standard InChI is InChI=1S/C20H13ClFN3O/c21-17-10-16(20-23-6-1-7-24-20)19(26)18-15(17)9-13(11-25-18)8-12-2-4-14(22)5-3-12/h1-7,9-11,26H,8H2.